The summed E-state index contributed by atoms with van der Waals surface area (Å²) in [6.07, 6.45) is 1.45. The molecule has 18 heavy (non-hydrogen) atoms. The molecule has 5 nitrogen and oxygen atoms in total. The van der Waals surface area contributed by atoms with Crippen molar-refractivity contribution in [3.05, 3.63) is 17.0 Å². The molecule has 1 rings (SSSR count). The van der Waals surface area contributed by atoms with Crippen LogP contribution in [0.1, 0.15) is 30.4 Å². The highest BCUT2D eigenvalue weighted by atomic mass is 35.5. The lowest BCUT2D eigenvalue weighted by Crippen LogP contribution is -2.33. The SMILES string of the molecule is CCCNCCNC(=O)Cc1c(C)noc1C.Cl. The van der Waals surface area contributed by atoms with Gasteiger partial charge in [-0.25, -0.2) is 0 Å². The van der Waals surface area contributed by atoms with Gasteiger partial charge < -0.3 is 15.2 Å². The van der Waals surface area contributed by atoms with E-state index in [0.29, 0.717) is 13.0 Å². The molecule has 0 fully saturated rings. The second-order valence-electron chi connectivity index (χ2n) is 4.08. The highest BCUT2D eigenvalue weighted by Gasteiger charge is 2.12. The monoisotopic (exact) mass is 275 g/mol. The van der Waals surface area contributed by atoms with Gasteiger partial charge >= 0.3 is 0 Å². The molecule has 0 spiro atoms. The Bertz CT molecular complexity index is 347. The molecule has 6 heteroatoms. The van der Waals surface area contributed by atoms with E-state index in [4.69, 9.17) is 4.52 Å². The molecule has 1 aromatic heterocycles. The van der Waals surface area contributed by atoms with E-state index in [1.165, 1.54) is 0 Å². The van der Waals surface area contributed by atoms with E-state index < -0.39 is 0 Å². The maximum absolute atomic E-state index is 11.6. The van der Waals surface area contributed by atoms with E-state index in [2.05, 4.69) is 22.7 Å². The maximum Gasteiger partial charge on any atom is 0.224 e. The van der Waals surface area contributed by atoms with Crippen LogP contribution in [0.25, 0.3) is 0 Å². The van der Waals surface area contributed by atoms with Gasteiger partial charge in [-0.3, -0.25) is 4.79 Å². The lowest BCUT2D eigenvalue weighted by Gasteiger charge is -2.05. The summed E-state index contributed by atoms with van der Waals surface area (Å²) in [6, 6.07) is 0. The Morgan fingerprint density at radius 3 is 2.56 bits per heavy atom. The van der Waals surface area contributed by atoms with Crippen molar-refractivity contribution in [2.75, 3.05) is 19.6 Å². The van der Waals surface area contributed by atoms with Crippen LogP contribution in [0.5, 0.6) is 0 Å². The van der Waals surface area contributed by atoms with Crippen LogP contribution in [-0.4, -0.2) is 30.7 Å². The number of hydrogen-bond acceptors (Lipinski definition) is 4. The first kappa shape index (κ1) is 16.9. The minimum Gasteiger partial charge on any atom is -0.361 e. The predicted octanol–water partition coefficient (Wildman–Crippen LogP) is 1.37. The summed E-state index contributed by atoms with van der Waals surface area (Å²) in [6.45, 7) is 8.24. The fourth-order valence-corrected chi connectivity index (χ4v) is 1.57. The largest absolute Gasteiger partial charge is 0.361 e. The van der Waals surface area contributed by atoms with Crippen molar-refractivity contribution in [2.24, 2.45) is 0 Å². The van der Waals surface area contributed by atoms with Gasteiger partial charge in [0.2, 0.25) is 5.91 Å². The highest BCUT2D eigenvalue weighted by molar-refractivity contribution is 5.85. The molecule has 0 aromatic carbocycles. The van der Waals surface area contributed by atoms with Gasteiger partial charge in [-0.05, 0) is 26.8 Å². The molecule has 0 aliphatic carbocycles. The number of nitrogens with one attached hydrogen (secondary N) is 2. The molecular formula is C12H22ClN3O2. The Kier molecular flexibility index (Phi) is 8.41. The Balaban J connectivity index is 0.00000289. The molecule has 0 radical (unpaired) electrons. The van der Waals surface area contributed by atoms with E-state index >= 15 is 0 Å². The number of carbonyl (C=O) groups excluding carboxylic acids is 1. The van der Waals surface area contributed by atoms with Gasteiger partial charge in [0, 0.05) is 18.7 Å². The molecule has 0 aliphatic rings. The van der Waals surface area contributed by atoms with Gasteiger partial charge in [-0.1, -0.05) is 12.1 Å². The number of aryl methyl sites for hydroxylation is 2. The summed E-state index contributed by atoms with van der Waals surface area (Å²) < 4.78 is 5.01. The van der Waals surface area contributed by atoms with Crippen LogP contribution < -0.4 is 10.6 Å². The predicted molar refractivity (Wildman–Crippen MR) is 73.1 cm³/mol. The standard InChI is InChI=1S/C12H21N3O2.ClH/c1-4-5-13-6-7-14-12(16)8-11-9(2)15-17-10(11)3;/h13H,4-8H2,1-3H3,(H,14,16);1H. The van der Waals surface area contributed by atoms with Gasteiger partial charge in [0.1, 0.15) is 5.76 Å². The number of hydrogen-bond donors (Lipinski definition) is 2. The van der Waals surface area contributed by atoms with Crippen LogP contribution in [-0.2, 0) is 11.2 Å². The van der Waals surface area contributed by atoms with Gasteiger partial charge in [-0.2, -0.15) is 0 Å². The molecule has 1 heterocycles. The van der Waals surface area contributed by atoms with Gasteiger partial charge in [0.05, 0.1) is 12.1 Å². The van der Waals surface area contributed by atoms with Crippen molar-refractivity contribution >= 4 is 18.3 Å². The van der Waals surface area contributed by atoms with Crippen LogP contribution in [0, 0.1) is 13.8 Å². The highest BCUT2D eigenvalue weighted by Crippen LogP contribution is 2.12. The number of aromatic nitrogens is 1. The quantitative estimate of drug-likeness (QED) is 0.738. The molecule has 1 amide bonds. The summed E-state index contributed by atoms with van der Waals surface area (Å²) >= 11 is 0. The van der Waals surface area contributed by atoms with Crippen molar-refractivity contribution in [3.8, 4) is 0 Å². The fraction of sp³-hybridized carbons (Fsp3) is 0.667. The summed E-state index contributed by atoms with van der Waals surface area (Å²) in [7, 11) is 0. The smallest absolute Gasteiger partial charge is 0.224 e. The van der Waals surface area contributed by atoms with Crippen LogP contribution in [0.15, 0.2) is 4.52 Å². The minimum absolute atomic E-state index is 0. The molecular weight excluding hydrogens is 254 g/mol. The lowest BCUT2D eigenvalue weighted by atomic mass is 10.1. The van der Waals surface area contributed by atoms with E-state index in [1.807, 2.05) is 13.8 Å². The van der Waals surface area contributed by atoms with Crippen molar-refractivity contribution in [1.82, 2.24) is 15.8 Å². The fourth-order valence-electron chi connectivity index (χ4n) is 1.57. The number of halogens is 1. The Morgan fingerprint density at radius 1 is 1.28 bits per heavy atom. The van der Waals surface area contributed by atoms with E-state index in [-0.39, 0.29) is 18.3 Å². The zero-order chi connectivity index (χ0) is 12.7. The van der Waals surface area contributed by atoms with E-state index in [1.54, 1.807) is 0 Å². The van der Waals surface area contributed by atoms with Crippen molar-refractivity contribution < 1.29 is 9.32 Å². The van der Waals surface area contributed by atoms with Gasteiger partial charge in [0.25, 0.3) is 0 Å². The minimum atomic E-state index is 0. The second kappa shape index (κ2) is 8.94. The topological polar surface area (TPSA) is 67.2 Å². The molecule has 104 valence electrons. The number of rotatable bonds is 7. The molecule has 0 unspecified atom stereocenters. The normalized spacial score (nSPS) is 9.94. The summed E-state index contributed by atoms with van der Waals surface area (Å²) in [5, 5.41) is 9.91. The van der Waals surface area contributed by atoms with Gasteiger partial charge in [0.15, 0.2) is 0 Å². The molecule has 0 saturated carbocycles. The zero-order valence-corrected chi connectivity index (χ0v) is 12.0. The third-order valence-corrected chi connectivity index (χ3v) is 2.57. The third kappa shape index (κ3) is 5.51. The Morgan fingerprint density at radius 2 is 2.00 bits per heavy atom. The summed E-state index contributed by atoms with van der Waals surface area (Å²) in [5.41, 5.74) is 1.69. The maximum atomic E-state index is 11.6. The Labute approximate surface area is 114 Å². The first-order valence-electron chi connectivity index (χ1n) is 6.04. The number of amides is 1. The first-order chi connectivity index (χ1) is 8.15. The average molecular weight is 276 g/mol. The zero-order valence-electron chi connectivity index (χ0n) is 11.2. The van der Waals surface area contributed by atoms with Gasteiger partial charge in [-0.15, -0.1) is 12.4 Å². The van der Waals surface area contributed by atoms with Crippen molar-refractivity contribution in [1.29, 1.82) is 0 Å². The number of carbonyl (C=O) groups is 1. The van der Waals surface area contributed by atoms with E-state index in [9.17, 15) is 4.79 Å². The van der Waals surface area contributed by atoms with Crippen LogP contribution >= 0.6 is 12.4 Å². The number of nitrogens with zero attached hydrogens (tertiary/aromatic N) is 1. The van der Waals surface area contributed by atoms with Crippen LogP contribution in [0.4, 0.5) is 0 Å². The Hall–Kier alpha value is -1.07. The molecule has 2 N–H and O–H groups in total. The molecule has 0 bridgehead atoms. The molecule has 0 aliphatic heterocycles. The van der Waals surface area contributed by atoms with Crippen molar-refractivity contribution in [3.63, 3.8) is 0 Å². The average Bonchev–Trinajstić information content (AvgIpc) is 2.60. The molecule has 0 saturated heterocycles. The first-order valence-corrected chi connectivity index (χ1v) is 6.04. The second-order valence-corrected chi connectivity index (χ2v) is 4.08. The van der Waals surface area contributed by atoms with Crippen molar-refractivity contribution in [2.45, 2.75) is 33.6 Å². The molecule has 1 aromatic rings. The molecule has 0 atom stereocenters. The summed E-state index contributed by atoms with van der Waals surface area (Å²) in [5.74, 6) is 0.736. The third-order valence-electron chi connectivity index (χ3n) is 2.57. The summed E-state index contributed by atoms with van der Waals surface area (Å²) in [4.78, 5) is 11.6. The van der Waals surface area contributed by atoms with Crippen LogP contribution in [0.3, 0.4) is 0 Å². The lowest BCUT2D eigenvalue weighted by molar-refractivity contribution is -0.120. The van der Waals surface area contributed by atoms with E-state index in [0.717, 1.165) is 36.5 Å². The van der Waals surface area contributed by atoms with Crippen LogP contribution in [0.2, 0.25) is 0 Å².